The van der Waals surface area contributed by atoms with Crippen molar-refractivity contribution >= 4 is 65.0 Å². The highest BCUT2D eigenvalue weighted by atomic mass is 16.7. The Kier molecular flexibility index (Phi) is 34.5. The third kappa shape index (κ3) is 24.1. The second-order valence-electron chi connectivity index (χ2n) is 30.6. The molecule has 0 aromatic heterocycles. The van der Waals surface area contributed by atoms with E-state index in [1.807, 2.05) is 48.5 Å². The number of fused-ring (bicyclic) bond motifs is 1. The van der Waals surface area contributed by atoms with Crippen LogP contribution in [0.2, 0.25) is 0 Å². The summed E-state index contributed by atoms with van der Waals surface area (Å²) < 4.78 is 11.9. The van der Waals surface area contributed by atoms with E-state index in [1.54, 1.807) is 55.4 Å². The Hall–Kier alpha value is -6.03. The second kappa shape index (κ2) is 39.3. The van der Waals surface area contributed by atoms with Crippen LogP contribution in [-0.4, -0.2) is 275 Å². The maximum Gasteiger partial charge on any atom is 0.270 e. The van der Waals surface area contributed by atoms with Crippen molar-refractivity contribution in [1.82, 2.24) is 60.6 Å². The van der Waals surface area contributed by atoms with E-state index >= 15 is 28.8 Å². The molecule has 11 amide bonds. The molecule has 0 saturated carbocycles. The number of nitrogens with one attached hydrogen (secondary N) is 4. The molecular formula is C71H128N12O15. The zero-order chi connectivity index (χ0) is 74.7. The van der Waals surface area contributed by atoms with Gasteiger partial charge in [-0.25, -0.2) is 5.06 Å². The Labute approximate surface area is 585 Å². The van der Waals surface area contributed by atoms with E-state index in [2.05, 4.69) is 26.2 Å². The van der Waals surface area contributed by atoms with Crippen LogP contribution >= 0.6 is 0 Å². The van der Waals surface area contributed by atoms with Crippen molar-refractivity contribution < 1.29 is 72.2 Å². The van der Waals surface area contributed by atoms with Gasteiger partial charge in [-0.1, -0.05) is 95.9 Å². The van der Waals surface area contributed by atoms with Crippen molar-refractivity contribution in [2.75, 3.05) is 81.7 Å². The molecular weight excluding hydrogens is 1260 g/mol. The molecule has 0 aromatic carbocycles. The van der Waals surface area contributed by atoms with Gasteiger partial charge in [0.25, 0.3) is 5.91 Å². The number of amides is 11. The van der Waals surface area contributed by atoms with E-state index in [-0.39, 0.29) is 56.0 Å². The zero-order valence-corrected chi connectivity index (χ0v) is 64.0. The summed E-state index contributed by atoms with van der Waals surface area (Å²) in [5.74, 6) is -9.44. The van der Waals surface area contributed by atoms with Gasteiger partial charge in [0.2, 0.25) is 59.1 Å². The van der Waals surface area contributed by atoms with Gasteiger partial charge in [-0.05, 0) is 135 Å². The first-order valence-corrected chi connectivity index (χ1v) is 36.0. The maximum atomic E-state index is 15.3. The Morgan fingerprint density at radius 1 is 0.520 bits per heavy atom. The minimum atomic E-state index is -1.39. The summed E-state index contributed by atoms with van der Waals surface area (Å²) in [7, 11) is 8.64. The van der Waals surface area contributed by atoms with Gasteiger partial charge >= 0.3 is 0 Å². The number of hydroxylamine groups is 2. The van der Waals surface area contributed by atoms with E-state index in [1.165, 1.54) is 92.5 Å². The van der Waals surface area contributed by atoms with Crippen LogP contribution in [0.5, 0.6) is 0 Å². The summed E-state index contributed by atoms with van der Waals surface area (Å²) in [5.41, 5.74) is -0.907. The molecule has 3 fully saturated rings. The number of likely N-dealkylation sites (N-methyl/N-ethyl adjacent to an activating group) is 6. The molecule has 27 nitrogen and oxygen atoms in total. The molecule has 3 saturated heterocycles. The molecule has 0 radical (unpaired) electrons. The summed E-state index contributed by atoms with van der Waals surface area (Å²) in [6.07, 6.45) is 2.36. The van der Waals surface area contributed by atoms with Crippen molar-refractivity contribution in [2.24, 2.45) is 35.5 Å². The Bertz CT molecular complexity index is 2670. The summed E-state index contributed by atoms with van der Waals surface area (Å²) in [4.78, 5) is 180. The monoisotopic (exact) mass is 1390 g/mol. The molecule has 562 valence electrons. The maximum absolute atomic E-state index is 15.3. The fourth-order valence-electron chi connectivity index (χ4n) is 13.1. The van der Waals surface area contributed by atoms with Gasteiger partial charge in [-0.15, -0.1) is 0 Å². The summed E-state index contributed by atoms with van der Waals surface area (Å²) in [6.45, 7) is 35.2. The number of hydrogen-bond donors (Lipinski definition) is 5. The van der Waals surface area contributed by atoms with Crippen molar-refractivity contribution in [3.8, 4) is 0 Å². The van der Waals surface area contributed by atoms with E-state index in [0.29, 0.717) is 45.3 Å². The molecule has 3 aliphatic heterocycles. The fraction of sp³-hybridized carbons (Fsp3) is 0.845. The first-order valence-electron chi connectivity index (χ1n) is 36.0. The van der Waals surface area contributed by atoms with Crippen LogP contribution in [0.1, 0.15) is 189 Å². The van der Waals surface area contributed by atoms with Crippen LogP contribution in [0.4, 0.5) is 0 Å². The number of carbonyl (C=O) groups excluding carboxylic acids is 11. The topological polar surface area (TPSA) is 310 Å². The lowest BCUT2D eigenvalue weighted by atomic mass is 9.88. The zero-order valence-electron chi connectivity index (χ0n) is 64.0. The van der Waals surface area contributed by atoms with Crippen LogP contribution in [0, 0.1) is 35.5 Å². The molecule has 3 rings (SSSR count). The van der Waals surface area contributed by atoms with Gasteiger partial charge in [0.15, 0.2) is 6.04 Å². The lowest BCUT2D eigenvalue weighted by molar-refractivity contribution is -0.322. The Morgan fingerprint density at radius 3 is 1.55 bits per heavy atom. The van der Waals surface area contributed by atoms with E-state index < -0.39 is 161 Å². The number of ether oxygens (including phenoxy) is 2. The third-order valence-electron chi connectivity index (χ3n) is 19.4. The van der Waals surface area contributed by atoms with Crippen molar-refractivity contribution in [1.29, 1.82) is 0 Å². The number of rotatable bonds is 22. The first-order chi connectivity index (χ1) is 45.5. The smallest absolute Gasteiger partial charge is 0.270 e. The molecule has 5 N–H and O–H groups in total. The SMILES string of the molecule is CC[C@@H]1NC(=O)[C@@H]2[C@@H]([C@H](C)CCCCC(C)(C)O)ON2C(=O)[C@H](C(C)C)N(C)C(=O)[C@H](CC(C)C)N(C)C(=O)[C@H](CC(C)C)N(C)C(=O)[C@@H](C)NC(=O)C(C)NC(=O)[C@H](CC(C)C)N(C)C(=O)[C@H](C(C)C)NC(=O)C([C@@H](C)OCCCCN2CCOCC2)N(C)C(=O)[C@@H](C)N(C)C1=O. The highest BCUT2D eigenvalue weighted by Gasteiger charge is 2.55. The van der Waals surface area contributed by atoms with E-state index in [9.17, 15) is 29.1 Å². The van der Waals surface area contributed by atoms with Crippen LogP contribution in [0.25, 0.3) is 0 Å². The van der Waals surface area contributed by atoms with Gasteiger partial charge in [-0.3, -0.25) is 62.5 Å². The van der Waals surface area contributed by atoms with Gasteiger partial charge in [0.1, 0.15) is 66.5 Å². The molecule has 0 aromatic rings. The summed E-state index contributed by atoms with van der Waals surface area (Å²) in [6, 6.07) is -13.7. The molecule has 3 heterocycles. The number of morpholine rings is 1. The largest absolute Gasteiger partial charge is 0.390 e. The first kappa shape index (κ1) is 86.2. The van der Waals surface area contributed by atoms with E-state index in [0.717, 1.165) is 31.1 Å². The second-order valence-corrected chi connectivity index (χ2v) is 30.6. The number of hydrogen-bond acceptors (Lipinski definition) is 16. The normalized spacial score (nSPS) is 28.1. The third-order valence-corrected chi connectivity index (χ3v) is 19.4. The molecule has 0 aliphatic carbocycles. The van der Waals surface area contributed by atoms with Crippen molar-refractivity contribution in [2.45, 2.75) is 273 Å². The molecule has 14 atom stereocenters. The van der Waals surface area contributed by atoms with Crippen LogP contribution in [0.3, 0.4) is 0 Å². The molecule has 27 heteroatoms. The average molecular weight is 1390 g/mol. The molecule has 98 heavy (non-hydrogen) atoms. The molecule has 0 bridgehead atoms. The van der Waals surface area contributed by atoms with E-state index in [4.69, 9.17) is 14.3 Å². The molecule has 0 spiro atoms. The lowest BCUT2D eigenvalue weighted by Crippen LogP contribution is -2.72. The molecule has 2 unspecified atom stereocenters. The van der Waals surface area contributed by atoms with Gasteiger partial charge < -0.3 is 65.2 Å². The predicted molar refractivity (Wildman–Crippen MR) is 374 cm³/mol. The highest BCUT2D eigenvalue weighted by Crippen LogP contribution is 2.35. The lowest BCUT2D eigenvalue weighted by Gasteiger charge is -2.50. The standard InChI is InChI=1S/C71H128N12O15/c1-25-51-66(90)76(19)49(15)65(89)81(24)57(50(16)97-35-29-28-32-82-33-36-96-37-34-82)62(86)75-55(44(8)9)69(93)77(20)52(38-41(2)3)61(85)72-47(13)60(84)73-48(14)64(88)78(21)53(39-42(4)5)67(91)79(22)54(40-43(6)7)68(92)80(23)56(45(10)11)70(94)83-58(63(87)74-51)59(98-83)46(12)30-26-27-31-71(17,18)95/h41-59,95H,25-40H2,1-24H3,(H,72,85)(H,73,84)(H,74,87)(H,75,86)/t46-,47?,48-,49-,50-,51+,52+,53+,54+,55+,56+,57?,58+,59-/m1/s1. The number of carbonyl (C=O) groups is 11. The predicted octanol–water partition coefficient (Wildman–Crippen LogP) is 3.82. The van der Waals surface area contributed by atoms with Crippen molar-refractivity contribution in [3.63, 3.8) is 0 Å². The van der Waals surface area contributed by atoms with Crippen molar-refractivity contribution in [3.05, 3.63) is 0 Å². The fourth-order valence-corrected chi connectivity index (χ4v) is 13.1. The van der Waals surface area contributed by atoms with Gasteiger partial charge in [0.05, 0.1) is 24.9 Å². The quantitative estimate of drug-likeness (QED) is 0.0963. The summed E-state index contributed by atoms with van der Waals surface area (Å²) >= 11 is 0. The minimum absolute atomic E-state index is 0.0366. The van der Waals surface area contributed by atoms with Crippen LogP contribution in [-0.2, 0) is 67.1 Å². The Balaban J connectivity index is 2.29. The van der Waals surface area contributed by atoms with Gasteiger partial charge in [0, 0.05) is 62.0 Å². The van der Waals surface area contributed by atoms with Crippen LogP contribution < -0.4 is 21.3 Å². The Morgan fingerprint density at radius 2 is 1.03 bits per heavy atom. The average Bonchev–Trinajstić information content (AvgIpc) is 0.755. The highest BCUT2D eigenvalue weighted by molar-refractivity contribution is 6.00. The minimum Gasteiger partial charge on any atom is -0.390 e. The summed E-state index contributed by atoms with van der Waals surface area (Å²) in [5, 5.41) is 22.6. The van der Waals surface area contributed by atoms with Crippen LogP contribution in [0.15, 0.2) is 0 Å². The van der Waals surface area contributed by atoms with Gasteiger partial charge in [-0.2, -0.15) is 0 Å². The number of aliphatic hydroxyl groups is 1. The number of nitrogens with zero attached hydrogens (tertiary/aromatic N) is 8. The molecule has 3 aliphatic rings. The number of unbranched alkanes of at least 4 members (excludes halogenated alkanes) is 2.